The fourth-order valence-corrected chi connectivity index (χ4v) is 2.26. The molecule has 1 heterocycles. The third-order valence-electron chi connectivity index (χ3n) is 4.36. The number of carbonyl (C=O) groups is 1. The zero-order valence-corrected chi connectivity index (χ0v) is 15.5. The number of likely N-dealkylation sites (N-methyl/N-ethyl adjacent to an activating group) is 1. The highest BCUT2D eigenvalue weighted by molar-refractivity contribution is 5.85. The number of amides is 1. The van der Waals surface area contributed by atoms with E-state index in [-0.39, 0.29) is 41.7 Å². The van der Waals surface area contributed by atoms with Gasteiger partial charge in [0.15, 0.2) is 0 Å². The van der Waals surface area contributed by atoms with Crippen molar-refractivity contribution < 1.29 is 9.53 Å². The van der Waals surface area contributed by atoms with E-state index in [1.54, 1.807) is 7.11 Å². The van der Waals surface area contributed by atoms with E-state index in [4.69, 9.17) is 4.74 Å². The first-order chi connectivity index (χ1) is 8.84. The van der Waals surface area contributed by atoms with Crippen LogP contribution in [0.3, 0.4) is 0 Å². The van der Waals surface area contributed by atoms with E-state index in [0.29, 0.717) is 13.2 Å². The van der Waals surface area contributed by atoms with Crippen LogP contribution in [-0.4, -0.2) is 63.8 Å². The summed E-state index contributed by atoms with van der Waals surface area (Å²) in [6, 6.07) is 0. The van der Waals surface area contributed by atoms with Crippen LogP contribution in [0.25, 0.3) is 0 Å². The Balaban J connectivity index is 0. The second kappa shape index (κ2) is 9.85. The molecule has 0 aromatic heterocycles. The van der Waals surface area contributed by atoms with E-state index in [9.17, 15) is 4.79 Å². The first-order valence-electron chi connectivity index (χ1n) is 6.99. The molecular formula is C14H31Cl2N3O2. The third kappa shape index (κ3) is 6.28. The highest BCUT2D eigenvalue weighted by Gasteiger charge is 2.40. The topological polar surface area (TPSA) is 53.6 Å². The molecule has 1 aliphatic rings. The van der Waals surface area contributed by atoms with Gasteiger partial charge in [-0.15, -0.1) is 24.8 Å². The lowest BCUT2D eigenvalue weighted by atomic mass is 9.78. The highest BCUT2D eigenvalue weighted by atomic mass is 35.5. The Bertz CT molecular complexity index is 301. The Kier molecular flexibility index (Phi) is 10.9. The van der Waals surface area contributed by atoms with Crippen LogP contribution in [0.5, 0.6) is 0 Å². The summed E-state index contributed by atoms with van der Waals surface area (Å²) in [4.78, 5) is 14.7. The fraction of sp³-hybridized carbons (Fsp3) is 0.929. The van der Waals surface area contributed by atoms with Gasteiger partial charge in [-0.25, -0.2) is 0 Å². The van der Waals surface area contributed by atoms with Crippen molar-refractivity contribution in [1.29, 1.82) is 0 Å². The average molecular weight is 344 g/mol. The van der Waals surface area contributed by atoms with Gasteiger partial charge in [-0.3, -0.25) is 4.79 Å². The van der Waals surface area contributed by atoms with Crippen LogP contribution >= 0.6 is 24.8 Å². The van der Waals surface area contributed by atoms with Gasteiger partial charge in [0.05, 0.1) is 12.0 Å². The summed E-state index contributed by atoms with van der Waals surface area (Å²) in [5.41, 5.74) is -0.404. The van der Waals surface area contributed by atoms with Crippen LogP contribution in [0.2, 0.25) is 0 Å². The monoisotopic (exact) mass is 343 g/mol. The van der Waals surface area contributed by atoms with E-state index >= 15 is 0 Å². The van der Waals surface area contributed by atoms with Crippen LogP contribution in [0.4, 0.5) is 0 Å². The van der Waals surface area contributed by atoms with Crippen LogP contribution in [-0.2, 0) is 9.53 Å². The molecule has 1 fully saturated rings. The molecule has 0 radical (unpaired) electrons. The first kappa shape index (κ1) is 23.2. The van der Waals surface area contributed by atoms with Crippen LogP contribution in [0.1, 0.15) is 26.7 Å². The number of piperidine rings is 1. The quantitative estimate of drug-likeness (QED) is 0.763. The Morgan fingerprint density at radius 1 is 1.29 bits per heavy atom. The van der Waals surface area contributed by atoms with Crippen LogP contribution in [0.15, 0.2) is 0 Å². The number of nitrogens with one attached hydrogen (secondary N) is 2. The minimum absolute atomic E-state index is 0. The summed E-state index contributed by atoms with van der Waals surface area (Å²) in [5, 5.41) is 6.41. The summed E-state index contributed by atoms with van der Waals surface area (Å²) >= 11 is 0. The largest absolute Gasteiger partial charge is 0.384 e. The van der Waals surface area contributed by atoms with E-state index in [2.05, 4.69) is 29.4 Å². The standard InChI is InChI=1S/C14H29N3O2.2ClH/c1-13(2,17(3)4)10-16-12(18)14(11-19-5)6-8-15-9-7-14;;/h15H,6-11H2,1-5H3,(H,16,18);2*1H. The van der Waals surface area contributed by atoms with E-state index in [0.717, 1.165) is 25.9 Å². The Morgan fingerprint density at radius 3 is 2.24 bits per heavy atom. The van der Waals surface area contributed by atoms with Crippen molar-refractivity contribution in [3.05, 3.63) is 0 Å². The molecule has 21 heavy (non-hydrogen) atoms. The lowest BCUT2D eigenvalue weighted by molar-refractivity contribution is -0.136. The summed E-state index contributed by atoms with van der Waals surface area (Å²) < 4.78 is 5.29. The SMILES string of the molecule is COCC1(C(=O)NCC(C)(C)N(C)C)CCNCC1.Cl.Cl. The van der Waals surface area contributed by atoms with E-state index in [1.807, 2.05) is 14.1 Å². The number of rotatable bonds is 6. The maximum Gasteiger partial charge on any atom is 0.228 e. The van der Waals surface area contributed by atoms with Gasteiger partial charge in [0.1, 0.15) is 0 Å². The number of ether oxygens (including phenoxy) is 1. The van der Waals surface area contributed by atoms with Gasteiger partial charge in [0.2, 0.25) is 5.91 Å². The van der Waals surface area contributed by atoms with Crippen LogP contribution < -0.4 is 10.6 Å². The number of halogens is 2. The van der Waals surface area contributed by atoms with Crippen molar-refractivity contribution in [3.8, 4) is 0 Å². The van der Waals surface area contributed by atoms with Gasteiger partial charge in [0, 0.05) is 19.2 Å². The third-order valence-corrected chi connectivity index (χ3v) is 4.36. The molecule has 0 bridgehead atoms. The highest BCUT2D eigenvalue weighted by Crippen LogP contribution is 2.29. The zero-order chi connectivity index (χ0) is 14.5. The number of hydrogen-bond donors (Lipinski definition) is 2. The molecule has 7 heteroatoms. The second-order valence-electron chi connectivity index (χ2n) is 6.35. The molecule has 0 unspecified atom stereocenters. The summed E-state index contributed by atoms with van der Waals surface area (Å²) in [6.07, 6.45) is 1.68. The molecule has 1 amide bonds. The summed E-state index contributed by atoms with van der Waals surface area (Å²) in [5.74, 6) is 0.130. The normalized spacial score (nSPS) is 17.6. The maximum absolute atomic E-state index is 12.5. The average Bonchev–Trinajstić information content (AvgIpc) is 2.37. The van der Waals surface area contributed by atoms with Gasteiger partial charge in [-0.1, -0.05) is 0 Å². The van der Waals surface area contributed by atoms with Gasteiger partial charge in [0.25, 0.3) is 0 Å². The second-order valence-corrected chi connectivity index (χ2v) is 6.35. The minimum atomic E-state index is -0.359. The van der Waals surface area contributed by atoms with E-state index < -0.39 is 0 Å². The number of methoxy groups -OCH3 is 1. The minimum Gasteiger partial charge on any atom is -0.384 e. The van der Waals surface area contributed by atoms with E-state index in [1.165, 1.54) is 0 Å². The van der Waals surface area contributed by atoms with Crippen molar-refractivity contribution in [2.75, 3.05) is 47.4 Å². The van der Waals surface area contributed by atoms with Crippen LogP contribution in [0, 0.1) is 5.41 Å². The number of hydrogen-bond acceptors (Lipinski definition) is 4. The molecule has 0 aromatic carbocycles. The smallest absolute Gasteiger partial charge is 0.228 e. The first-order valence-corrected chi connectivity index (χ1v) is 6.99. The summed E-state index contributed by atoms with van der Waals surface area (Å²) in [6.45, 7) is 7.17. The number of nitrogens with zero attached hydrogens (tertiary/aromatic N) is 1. The Morgan fingerprint density at radius 2 is 1.81 bits per heavy atom. The molecule has 0 spiro atoms. The molecule has 1 saturated heterocycles. The number of carbonyl (C=O) groups excluding carboxylic acids is 1. The molecule has 0 atom stereocenters. The fourth-order valence-electron chi connectivity index (χ4n) is 2.26. The molecule has 128 valence electrons. The Hall–Kier alpha value is -0.0700. The molecule has 0 aliphatic carbocycles. The zero-order valence-electron chi connectivity index (χ0n) is 13.8. The molecule has 2 N–H and O–H groups in total. The van der Waals surface area contributed by atoms with Crippen molar-refractivity contribution in [1.82, 2.24) is 15.5 Å². The lowest BCUT2D eigenvalue weighted by Gasteiger charge is -2.38. The molecule has 5 nitrogen and oxygen atoms in total. The predicted octanol–water partition coefficient (Wildman–Crippen LogP) is 1.30. The van der Waals surface area contributed by atoms with Crippen molar-refractivity contribution in [2.45, 2.75) is 32.2 Å². The van der Waals surface area contributed by atoms with Crippen molar-refractivity contribution >= 4 is 30.7 Å². The molecule has 0 saturated carbocycles. The predicted molar refractivity (Wildman–Crippen MR) is 91.7 cm³/mol. The lowest BCUT2D eigenvalue weighted by Crippen LogP contribution is -2.54. The molecular weight excluding hydrogens is 313 g/mol. The summed E-state index contributed by atoms with van der Waals surface area (Å²) in [7, 11) is 5.73. The van der Waals surface area contributed by atoms with Crippen molar-refractivity contribution in [2.24, 2.45) is 5.41 Å². The van der Waals surface area contributed by atoms with Crippen molar-refractivity contribution in [3.63, 3.8) is 0 Å². The maximum atomic E-state index is 12.5. The van der Waals surface area contributed by atoms with Gasteiger partial charge in [-0.2, -0.15) is 0 Å². The Labute approximate surface area is 141 Å². The molecule has 1 rings (SSSR count). The molecule has 0 aromatic rings. The van der Waals surface area contributed by atoms with Gasteiger partial charge < -0.3 is 20.3 Å². The van der Waals surface area contributed by atoms with Gasteiger partial charge >= 0.3 is 0 Å². The van der Waals surface area contributed by atoms with Gasteiger partial charge in [-0.05, 0) is 53.9 Å². The molecule has 1 aliphatic heterocycles.